The summed E-state index contributed by atoms with van der Waals surface area (Å²) in [5.41, 5.74) is 1.73. The molecule has 1 aliphatic heterocycles. The maximum atomic E-state index is 13.7. The number of hydrogen-bond acceptors (Lipinski definition) is 5. The zero-order valence-corrected chi connectivity index (χ0v) is 18.2. The first-order valence-electron chi connectivity index (χ1n) is 10.7. The van der Waals surface area contributed by atoms with Crippen LogP contribution in [0.4, 0.5) is 4.39 Å². The van der Waals surface area contributed by atoms with Gasteiger partial charge in [0.25, 0.3) is 5.91 Å². The molecule has 1 aromatic carbocycles. The number of pyridine rings is 1. The van der Waals surface area contributed by atoms with Crippen molar-refractivity contribution in [3.05, 3.63) is 83.5 Å². The third-order valence-electron chi connectivity index (χ3n) is 5.72. The number of halogens is 1. The summed E-state index contributed by atoms with van der Waals surface area (Å²) >= 11 is 1.52. The van der Waals surface area contributed by atoms with Crippen LogP contribution in [0.25, 0.3) is 16.4 Å². The molecule has 0 bridgehead atoms. The molecule has 8 heteroatoms. The SMILES string of the molecule is O=C(c1nc(-c2cccs2)n(-c2ccc(F)cc2)n1)N1CCCCCC1c1ccncc1. The topological polar surface area (TPSA) is 63.9 Å². The van der Waals surface area contributed by atoms with Crippen molar-refractivity contribution in [2.75, 3.05) is 6.54 Å². The highest BCUT2D eigenvalue weighted by Gasteiger charge is 2.31. The Bertz CT molecular complexity index is 1190. The number of carbonyl (C=O) groups is 1. The second kappa shape index (κ2) is 9.00. The molecule has 0 N–H and O–H groups in total. The van der Waals surface area contributed by atoms with E-state index in [4.69, 9.17) is 0 Å². The molecule has 0 spiro atoms. The van der Waals surface area contributed by atoms with Crippen molar-refractivity contribution in [2.45, 2.75) is 31.7 Å². The van der Waals surface area contributed by atoms with Gasteiger partial charge < -0.3 is 4.90 Å². The third-order valence-corrected chi connectivity index (χ3v) is 6.58. The summed E-state index contributed by atoms with van der Waals surface area (Å²) < 4.78 is 15.1. The van der Waals surface area contributed by atoms with Crippen molar-refractivity contribution in [3.8, 4) is 16.4 Å². The Morgan fingerprint density at radius 3 is 2.59 bits per heavy atom. The third kappa shape index (κ3) is 4.05. The summed E-state index contributed by atoms with van der Waals surface area (Å²) in [5, 5.41) is 6.54. The smallest absolute Gasteiger partial charge is 0.294 e. The summed E-state index contributed by atoms with van der Waals surface area (Å²) in [6.45, 7) is 0.658. The second-order valence-corrected chi connectivity index (χ2v) is 8.72. The van der Waals surface area contributed by atoms with Crippen LogP contribution in [0.15, 0.2) is 66.3 Å². The Hall–Kier alpha value is -3.39. The van der Waals surface area contributed by atoms with Crippen LogP contribution in [0.2, 0.25) is 0 Å². The Morgan fingerprint density at radius 1 is 1.03 bits per heavy atom. The van der Waals surface area contributed by atoms with Gasteiger partial charge >= 0.3 is 0 Å². The number of thiophene rings is 1. The number of aromatic nitrogens is 4. The molecule has 0 saturated carbocycles. The van der Waals surface area contributed by atoms with Crippen molar-refractivity contribution in [2.24, 2.45) is 0 Å². The molecule has 6 nitrogen and oxygen atoms in total. The molecule has 4 aromatic rings. The Labute approximate surface area is 189 Å². The minimum absolute atomic E-state index is 0.0315. The van der Waals surface area contributed by atoms with E-state index in [1.165, 1.54) is 23.5 Å². The summed E-state index contributed by atoms with van der Waals surface area (Å²) in [7, 11) is 0. The molecular weight excluding hydrogens is 425 g/mol. The van der Waals surface area contributed by atoms with Crippen LogP contribution in [0, 0.1) is 5.82 Å². The van der Waals surface area contributed by atoms with E-state index in [0.717, 1.165) is 36.1 Å². The van der Waals surface area contributed by atoms with Crippen LogP contribution in [-0.4, -0.2) is 37.1 Å². The molecule has 1 amide bonds. The molecule has 0 aliphatic carbocycles. The average Bonchev–Trinajstić information content (AvgIpc) is 3.45. The molecule has 1 unspecified atom stereocenters. The number of rotatable bonds is 4. The molecule has 1 aliphatic rings. The first-order valence-corrected chi connectivity index (χ1v) is 11.6. The average molecular weight is 448 g/mol. The summed E-state index contributed by atoms with van der Waals surface area (Å²) in [5.74, 6) is 0.212. The molecule has 1 saturated heterocycles. The van der Waals surface area contributed by atoms with Crippen LogP contribution < -0.4 is 0 Å². The lowest BCUT2D eigenvalue weighted by molar-refractivity contribution is 0.0668. The van der Waals surface area contributed by atoms with Gasteiger partial charge in [-0.2, -0.15) is 0 Å². The number of carbonyl (C=O) groups excluding carboxylic acids is 1. The predicted molar refractivity (Wildman–Crippen MR) is 121 cm³/mol. The van der Waals surface area contributed by atoms with Crippen LogP contribution in [-0.2, 0) is 0 Å². The number of benzene rings is 1. The van der Waals surface area contributed by atoms with Gasteiger partial charge in [-0.05, 0) is 66.2 Å². The quantitative estimate of drug-likeness (QED) is 0.427. The Morgan fingerprint density at radius 2 is 1.84 bits per heavy atom. The van der Waals surface area contributed by atoms with Gasteiger partial charge in [-0.1, -0.05) is 18.9 Å². The highest BCUT2D eigenvalue weighted by molar-refractivity contribution is 7.13. The molecule has 1 fully saturated rings. The zero-order chi connectivity index (χ0) is 21.9. The number of nitrogens with zero attached hydrogens (tertiary/aromatic N) is 5. The van der Waals surface area contributed by atoms with Gasteiger partial charge in [-0.15, -0.1) is 16.4 Å². The van der Waals surface area contributed by atoms with Crippen molar-refractivity contribution in [1.29, 1.82) is 0 Å². The fourth-order valence-electron chi connectivity index (χ4n) is 4.14. The van der Waals surface area contributed by atoms with E-state index in [-0.39, 0.29) is 23.6 Å². The van der Waals surface area contributed by atoms with Gasteiger partial charge in [0, 0.05) is 18.9 Å². The molecular formula is C24H22FN5OS. The molecule has 4 heterocycles. The minimum Gasteiger partial charge on any atom is -0.329 e. The maximum Gasteiger partial charge on any atom is 0.294 e. The lowest BCUT2D eigenvalue weighted by Crippen LogP contribution is -2.35. The lowest BCUT2D eigenvalue weighted by Gasteiger charge is -2.29. The molecule has 162 valence electrons. The van der Waals surface area contributed by atoms with E-state index in [1.54, 1.807) is 29.2 Å². The predicted octanol–water partition coefficient (Wildman–Crippen LogP) is 5.29. The fraction of sp³-hybridized carbons (Fsp3) is 0.250. The fourth-order valence-corrected chi connectivity index (χ4v) is 4.84. The van der Waals surface area contributed by atoms with Crippen LogP contribution in [0.5, 0.6) is 0 Å². The molecule has 1 atom stereocenters. The van der Waals surface area contributed by atoms with Crippen molar-refractivity contribution < 1.29 is 9.18 Å². The van der Waals surface area contributed by atoms with E-state index < -0.39 is 0 Å². The minimum atomic E-state index is -0.326. The standard InChI is InChI=1S/C24H22FN5OS/c25-18-7-9-19(10-8-18)30-23(21-6-4-16-32-21)27-22(28-30)24(31)29-15-3-1-2-5-20(29)17-11-13-26-14-12-17/h4,6-14,16,20H,1-3,5,15H2. The summed E-state index contributed by atoms with van der Waals surface area (Å²) in [6.07, 6.45) is 7.52. The van der Waals surface area contributed by atoms with E-state index in [1.807, 2.05) is 34.5 Å². The van der Waals surface area contributed by atoms with E-state index in [2.05, 4.69) is 15.1 Å². The van der Waals surface area contributed by atoms with Gasteiger partial charge in [0.1, 0.15) is 5.82 Å². The van der Waals surface area contributed by atoms with E-state index in [9.17, 15) is 9.18 Å². The first kappa shape index (κ1) is 20.5. The molecule has 0 radical (unpaired) electrons. The zero-order valence-electron chi connectivity index (χ0n) is 17.4. The van der Waals surface area contributed by atoms with Crippen molar-refractivity contribution in [1.82, 2.24) is 24.6 Å². The molecule has 32 heavy (non-hydrogen) atoms. The van der Waals surface area contributed by atoms with Crippen molar-refractivity contribution >= 4 is 17.2 Å². The van der Waals surface area contributed by atoms with Crippen LogP contribution in [0.3, 0.4) is 0 Å². The largest absolute Gasteiger partial charge is 0.329 e. The number of amides is 1. The van der Waals surface area contributed by atoms with Crippen LogP contribution in [0.1, 0.15) is 47.9 Å². The van der Waals surface area contributed by atoms with Gasteiger partial charge in [0.05, 0.1) is 16.6 Å². The summed E-state index contributed by atoms with van der Waals surface area (Å²) in [6, 6.07) is 13.8. The van der Waals surface area contributed by atoms with Gasteiger partial charge in [-0.25, -0.2) is 14.1 Å². The van der Waals surface area contributed by atoms with Gasteiger partial charge in [0.15, 0.2) is 5.82 Å². The normalized spacial score (nSPS) is 16.7. The van der Waals surface area contributed by atoms with Crippen LogP contribution >= 0.6 is 11.3 Å². The number of hydrogen-bond donors (Lipinski definition) is 0. The maximum absolute atomic E-state index is 13.7. The Balaban J connectivity index is 1.55. The lowest BCUT2D eigenvalue weighted by atomic mass is 10.0. The Kier molecular flexibility index (Phi) is 5.77. The van der Waals surface area contributed by atoms with E-state index in [0.29, 0.717) is 18.1 Å². The second-order valence-electron chi connectivity index (χ2n) is 7.77. The van der Waals surface area contributed by atoms with Gasteiger partial charge in [-0.3, -0.25) is 9.78 Å². The van der Waals surface area contributed by atoms with E-state index >= 15 is 0 Å². The monoisotopic (exact) mass is 447 g/mol. The molecule has 3 aromatic heterocycles. The summed E-state index contributed by atoms with van der Waals surface area (Å²) in [4.78, 5) is 25.2. The highest BCUT2D eigenvalue weighted by atomic mass is 32.1. The molecule has 5 rings (SSSR count). The van der Waals surface area contributed by atoms with Gasteiger partial charge in [0.2, 0.25) is 5.82 Å². The number of likely N-dealkylation sites (tertiary alicyclic amines) is 1. The highest BCUT2D eigenvalue weighted by Crippen LogP contribution is 2.32. The van der Waals surface area contributed by atoms with Crippen molar-refractivity contribution in [3.63, 3.8) is 0 Å². The first-order chi connectivity index (χ1) is 15.7.